The third-order valence-electron chi connectivity index (χ3n) is 2.78. The summed E-state index contributed by atoms with van der Waals surface area (Å²) in [6.45, 7) is 3.87. The molecule has 0 fully saturated rings. The lowest BCUT2D eigenvalue weighted by Crippen LogP contribution is -2.04. The van der Waals surface area contributed by atoms with Crippen molar-refractivity contribution in [2.24, 2.45) is 17.0 Å². The minimum Gasteiger partial charge on any atom is -0.399 e. The number of anilines is 2. The molecule has 0 aliphatic carbocycles. The van der Waals surface area contributed by atoms with Crippen molar-refractivity contribution < 1.29 is 0 Å². The van der Waals surface area contributed by atoms with E-state index in [1.807, 2.05) is 43.6 Å². The number of rotatable bonds is 6. The molecule has 6 nitrogen and oxygen atoms in total. The van der Waals surface area contributed by atoms with E-state index in [0.29, 0.717) is 6.67 Å². The molecule has 2 rings (SSSR count). The maximum Gasteiger partial charge on any atom is 0.108 e. The Hall–Kier alpha value is -2.89. The number of aryl methyl sites for hydroxylation is 1. The summed E-state index contributed by atoms with van der Waals surface area (Å²) in [6.07, 6.45) is 7.06. The number of nitrogens with zero attached hydrogens (tertiary/aromatic N) is 4. The molecule has 108 valence electrons. The normalized spacial score (nSPS) is 11.8. The zero-order valence-corrected chi connectivity index (χ0v) is 11.9. The van der Waals surface area contributed by atoms with Gasteiger partial charge in [-0.15, -0.1) is 0 Å². The number of nitrogens with one attached hydrogen (secondary N) is 1. The number of aliphatic imine (C=N–C) groups is 2. The van der Waals surface area contributed by atoms with Crippen molar-refractivity contribution >= 4 is 23.8 Å². The summed E-state index contributed by atoms with van der Waals surface area (Å²) < 4.78 is 1.73. The van der Waals surface area contributed by atoms with Crippen molar-refractivity contribution in [2.75, 3.05) is 17.7 Å². The average Bonchev–Trinajstić information content (AvgIpc) is 2.89. The van der Waals surface area contributed by atoms with Crippen LogP contribution in [-0.2, 0) is 7.05 Å². The second kappa shape index (κ2) is 7.04. The van der Waals surface area contributed by atoms with Crippen LogP contribution in [0, 0.1) is 0 Å². The van der Waals surface area contributed by atoms with Crippen LogP contribution in [0.25, 0.3) is 0 Å². The van der Waals surface area contributed by atoms with Gasteiger partial charge in [0, 0.05) is 25.1 Å². The van der Waals surface area contributed by atoms with Crippen molar-refractivity contribution in [2.45, 2.75) is 0 Å². The molecule has 21 heavy (non-hydrogen) atoms. The van der Waals surface area contributed by atoms with E-state index in [1.54, 1.807) is 17.1 Å². The van der Waals surface area contributed by atoms with Crippen molar-refractivity contribution in [3.8, 4) is 0 Å². The van der Waals surface area contributed by atoms with Gasteiger partial charge in [0.2, 0.25) is 0 Å². The SMILES string of the molecule is C=N/C=C\C(=N/CNc1cnn(C)c1)c1ccc(N)cc1. The number of benzene rings is 1. The van der Waals surface area contributed by atoms with Crippen molar-refractivity contribution in [3.05, 3.63) is 54.5 Å². The summed E-state index contributed by atoms with van der Waals surface area (Å²) in [5.41, 5.74) is 9.11. The highest BCUT2D eigenvalue weighted by Crippen LogP contribution is 2.09. The lowest BCUT2D eigenvalue weighted by Gasteiger charge is -2.04. The van der Waals surface area contributed by atoms with E-state index in [1.165, 1.54) is 0 Å². The standard InChI is InChI=1S/C15H18N6/c1-17-8-7-15(12-3-5-13(16)6-4-12)19-11-18-14-9-20-21(2)10-14/h3-10,18H,1,11,16H2,2H3/b8-7-,19-15+. The average molecular weight is 282 g/mol. The fourth-order valence-electron chi connectivity index (χ4n) is 1.75. The number of aromatic nitrogens is 2. The Kier molecular flexibility index (Phi) is 4.87. The maximum absolute atomic E-state index is 5.70. The molecular weight excluding hydrogens is 264 g/mol. The van der Waals surface area contributed by atoms with Crippen LogP contribution in [0.15, 0.2) is 58.9 Å². The molecule has 0 unspecified atom stereocenters. The molecule has 1 heterocycles. The van der Waals surface area contributed by atoms with Crippen molar-refractivity contribution in [1.82, 2.24) is 9.78 Å². The van der Waals surface area contributed by atoms with Crippen molar-refractivity contribution in [3.63, 3.8) is 0 Å². The Morgan fingerprint density at radius 2 is 2.19 bits per heavy atom. The van der Waals surface area contributed by atoms with Crippen LogP contribution in [0.2, 0.25) is 0 Å². The van der Waals surface area contributed by atoms with Gasteiger partial charge in [-0.05, 0) is 30.5 Å². The van der Waals surface area contributed by atoms with Gasteiger partial charge in [0.25, 0.3) is 0 Å². The topological polar surface area (TPSA) is 80.6 Å². The molecular formula is C15H18N6. The van der Waals surface area contributed by atoms with E-state index in [4.69, 9.17) is 5.73 Å². The number of allylic oxidation sites excluding steroid dienone is 1. The summed E-state index contributed by atoms with van der Waals surface area (Å²) in [7, 11) is 1.87. The van der Waals surface area contributed by atoms with Crippen LogP contribution < -0.4 is 11.1 Å². The van der Waals surface area contributed by atoms with E-state index in [0.717, 1.165) is 22.6 Å². The molecule has 1 aromatic carbocycles. The second-order valence-corrected chi connectivity index (χ2v) is 4.40. The highest BCUT2D eigenvalue weighted by molar-refractivity contribution is 6.08. The largest absolute Gasteiger partial charge is 0.399 e. The molecule has 0 bridgehead atoms. The summed E-state index contributed by atoms with van der Waals surface area (Å²) in [6, 6.07) is 7.53. The third-order valence-corrected chi connectivity index (χ3v) is 2.78. The summed E-state index contributed by atoms with van der Waals surface area (Å²) in [5.74, 6) is 0. The molecule has 0 spiro atoms. The minimum atomic E-state index is 0.437. The fraction of sp³-hybridized carbons (Fsp3) is 0.133. The number of nitrogen functional groups attached to an aromatic ring is 1. The lowest BCUT2D eigenvalue weighted by atomic mass is 10.1. The highest BCUT2D eigenvalue weighted by atomic mass is 15.3. The van der Waals surface area contributed by atoms with Gasteiger partial charge >= 0.3 is 0 Å². The molecule has 3 N–H and O–H groups in total. The molecule has 6 heteroatoms. The third kappa shape index (κ3) is 4.31. The van der Waals surface area contributed by atoms with E-state index in [-0.39, 0.29) is 0 Å². The Labute approximate surface area is 123 Å². The molecule has 0 amide bonds. The Bertz CT molecular complexity index is 651. The smallest absolute Gasteiger partial charge is 0.108 e. The molecule has 0 radical (unpaired) electrons. The zero-order valence-electron chi connectivity index (χ0n) is 11.9. The summed E-state index contributed by atoms with van der Waals surface area (Å²) >= 11 is 0. The molecule has 0 saturated heterocycles. The summed E-state index contributed by atoms with van der Waals surface area (Å²) in [5, 5.41) is 7.26. The first-order valence-corrected chi connectivity index (χ1v) is 6.44. The maximum atomic E-state index is 5.70. The molecule has 1 aromatic heterocycles. The van der Waals surface area contributed by atoms with Crippen LogP contribution in [0.3, 0.4) is 0 Å². The predicted molar refractivity (Wildman–Crippen MR) is 87.8 cm³/mol. The van der Waals surface area contributed by atoms with Gasteiger partial charge in [0.1, 0.15) is 6.67 Å². The Morgan fingerprint density at radius 3 is 2.81 bits per heavy atom. The van der Waals surface area contributed by atoms with Gasteiger partial charge in [-0.2, -0.15) is 5.10 Å². The molecule has 2 aromatic rings. The van der Waals surface area contributed by atoms with Crippen LogP contribution in [0.1, 0.15) is 5.56 Å². The first kappa shape index (κ1) is 14.5. The number of nitrogens with two attached hydrogens (primary N) is 1. The fourth-order valence-corrected chi connectivity index (χ4v) is 1.75. The number of hydrogen-bond acceptors (Lipinski definition) is 5. The van der Waals surface area contributed by atoms with Gasteiger partial charge in [-0.3, -0.25) is 14.7 Å². The highest BCUT2D eigenvalue weighted by Gasteiger charge is 2.00. The number of hydrogen-bond donors (Lipinski definition) is 2. The second-order valence-electron chi connectivity index (χ2n) is 4.40. The minimum absolute atomic E-state index is 0.437. The van der Waals surface area contributed by atoms with Crippen LogP contribution in [0.5, 0.6) is 0 Å². The van der Waals surface area contributed by atoms with Gasteiger partial charge in [0.05, 0.1) is 17.6 Å². The molecule has 0 aliphatic rings. The van der Waals surface area contributed by atoms with Crippen LogP contribution in [0.4, 0.5) is 11.4 Å². The first-order chi connectivity index (χ1) is 10.2. The van der Waals surface area contributed by atoms with E-state index >= 15 is 0 Å². The zero-order chi connectivity index (χ0) is 15.1. The lowest BCUT2D eigenvalue weighted by molar-refractivity contribution is 0.768. The monoisotopic (exact) mass is 282 g/mol. The van der Waals surface area contributed by atoms with Crippen LogP contribution >= 0.6 is 0 Å². The van der Waals surface area contributed by atoms with Crippen LogP contribution in [-0.4, -0.2) is 28.9 Å². The Morgan fingerprint density at radius 1 is 1.43 bits per heavy atom. The van der Waals surface area contributed by atoms with E-state index in [2.05, 4.69) is 27.1 Å². The van der Waals surface area contributed by atoms with E-state index < -0.39 is 0 Å². The Balaban J connectivity index is 2.11. The molecule has 0 atom stereocenters. The predicted octanol–water partition coefficient (Wildman–Crippen LogP) is 2.08. The van der Waals surface area contributed by atoms with Gasteiger partial charge < -0.3 is 11.1 Å². The summed E-state index contributed by atoms with van der Waals surface area (Å²) in [4.78, 5) is 8.24. The quantitative estimate of drug-likeness (QED) is 0.628. The van der Waals surface area contributed by atoms with E-state index in [9.17, 15) is 0 Å². The molecule has 0 saturated carbocycles. The first-order valence-electron chi connectivity index (χ1n) is 6.44. The van der Waals surface area contributed by atoms with Gasteiger partial charge in [-0.1, -0.05) is 12.1 Å². The molecule has 0 aliphatic heterocycles. The van der Waals surface area contributed by atoms with Gasteiger partial charge in [-0.25, -0.2) is 0 Å². The van der Waals surface area contributed by atoms with Gasteiger partial charge in [0.15, 0.2) is 0 Å². The van der Waals surface area contributed by atoms with Crippen molar-refractivity contribution in [1.29, 1.82) is 0 Å².